The smallest absolute Gasteiger partial charge is 0.330 e. The fraction of sp³-hybridized carbons (Fsp3) is 0.250. The van der Waals surface area contributed by atoms with Gasteiger partial charge in [-0.05, 0) is 47.9 Å². The number of rotatable bonds is 3. The molecule has 0 bridgehead atoms. The molecule has 0 saturated carbocycles. The van der Waals surface area contributed by atoms with E-state index in [9.17, 15) is 26.3 Å². The summed E-state index contributed by atoms with van der Waals surface area (Å²) in [6, 6.07) is 7.41. The van der Waals surface area contributed by atoms with Crippen LogP contribution >= 0.6 is 0 Å². The highest BCUT2D eigenvalue weighted by Crippen LogP contribution is 2.40. The van der Waals surface area contributed by atoms with Gasteiger partial charge in [0.1, 0.15) is 0 Å². The zero-order chi connectivity index (χ0) is 17.3. The molecule has 0 amide bonds. The Morgan fingerprint density at radius 3 is 2.04 bits per heavy atom. The van der Waals surface area contributed by atoms with Crippen LogP contribution < -0.4 is 5.73 Å². The maximum atomic E-state index is 13.2. The van der Waals surface area contributed by atoms with Gasteiger partial charge in [0.05, 0.1) is 11.1 Å². The van der Waals surface area contributed by atoms with Crippen molar-refractivity contribution < 1.29 is 26.3 Å². The molecule has 0 radical (unpaired) electrons. The quantitative estimate of drug-likeness (QED) is 0.795. The van der Waals surface area contributed by atoms with E-state index >= 15 is 0 Å². The van der Waals surface area contributed by atoms with Gasteiger partial charge in [-0.15, -0.1) is 0 Å². The predicted octanol–water partition coefficient (Wildman–Crippen LogP) is 4.89. The van der Waals surface area contributed by atoms with Crippen LogP contribution in [0.25, 0.3) is 11.1 Å². The molecule has 2 aromatic carbocycles. The molecule has 0 spiro atoms. The molecule has 0 fully saturated rings. The average Bonchev–Trinajstić information content (AvgIpc) is 2.46. The Hall–Kier alpha value is -2.02. The van der Waals surface area contributed by atoms with E-state index in [1.165, 1.54) is 18.2 Å². The van der Waals surface area contributed by atoms with E-state index in [2.05, 4.69) is 0 Å². The lowest BCUT2D eigenvalue weighted by atomic mass is 9.91. The summed E-state index contributed by atoms with van der Waals surface area (Å²) >= 11 is 0. The van der Waals surface area contributed by atoms with Crippen molar-refractivity contribution in [2.24, 2.45) is 5.73 Å². The molecule has 0 heterocycles. The summed E-state index contributed by atoms with van der Waals surface area (Å²) in [5.74, 6) is 0. The Labute approximate surface area is 128 Å². The van der Waals surface area contributed by atoms with Gasteiger partial charge in [-0.2, -0.15) is 26.3 Å². The minimum Gasteiger partial charge on any atom is -0.330 e. The largest absolute Gasteiger partial charge is 0.417 e. The van der Waals surface area contributed by atoms with Gasteiger partial charge < -0.3 is 5.73 Å². The van der Waals surface area contributed by atoms with E-state index < -0.39 is 23.5 Å². The van der Waals surface area contributed by atoms with Crippen molar-refractivity contribution in [1.82, 2.24) is 0 Å². The van der Waals surface area contributed by atoms with Gasteiger partial charge >= 0.3 is 12.4 Å². The molecule has 0 aliphatic heterocycles. The third-order valence-electron chi connectivity index (χ3n) is 3.35. The van der Waals surface area contributed by atoms with Crippen LogP contribution in [0.1, 0.15) is 16.7 Å². The Balaban J connectivity index is 2.71. The zero-order valence-electron chi connectivity index (χ0n) is 11.8. The first-order chi connectivity index (χ1) is 10.6. The lowest BCUT2D eigenvalue weighted by molar-refractivity contribution is -0.137. The molecule has 0 aromatic heterocycles. The minimum absolute atomic E-state index is 0.0905. The number of hydrogen-bond donors (Lipinski definition) is 1. The fourth-order valence-corrected chi connectivity index (χ4v) is 2.39. The van der Waals surface area contributed by atoms with Gasteiger partial charge in [0.2, 0.25) is 0 Å². The third-order valence-corrected chi connectivity index (χ3v) is 3.35. The Kier molecular flexibility index (Phi) is 4.70. The standard InChI is InChI=1S/C16H13F6N/c17-15(18,19)12-5-1-4-11(9-12)14-10(7-8-23)3-2-6-13(14)16(20,21)22/h1-6,9H,7-8,23H2. The first-order valence-corrected chi connectivity index (χ1v) is 6.71. The van der Waals surface area contributed by atoms with E-state index in [1.807, 2.05) is 0 Å². The van der Waals surface area contributed by atoms with Gasteiger partial charge in [-0.25, -0.2) is 0 Å². The molecule has 0 aliphatic carbocycles. The highest BCUT2D eigenvalue weighted by Gasteiger charge is 2.35. The molecule has 0 atom stereocenters. The number of benzene rings is 2. The van der Waals surface area contributed by atoms with Crippen molar-refractivity contribution in [3.63, 3.8) is 0 Å². The molecule has 2 rings (SSSR count). The van der Waals surface area contributed by atoms with Gasteiger partial charge in [-0.3, -0.25) is 0 Å². The second kappa shape index (κ2) is 6.23. The molecule has 0 unspecified atom stereocenters. The molecule has 2 N–H and O–H groups in total. The second-order valence-corrected chi connectivity index (χ2v) is 4.95. The van der Waals surface area contributed by atoms with Gasteiger partial charge in [0, 0.05) is 0 Å². The summed E-state index contributed by atoms with van der Waals surface area (Å²) in [6.45, 7) is 0.0905. The molecule has 7 heteroatoms. The fourth-order valence-electron chi connectivity index (χ4n) is 2.39. The molecule has 23 heavy (non-hydrogen) atoms. The summed E-state index contributed by atoms with van der Waals surface area (Å²) < 4.78 is 78.2. The van der Waals surface area contributed by atoms with Crippen LogP contribution in [0.4, 0.5) is 26.3 Å². The maximum Gasteiger partial charge on any atom is 0.417 e. The lowest BCUT2D eigenvalue weighted by Crippen LogP contribution is -2.12. The van der Waals surface area contributed by atoms with E-state index in [0.717, 1.165) is 24.3 Å². The Bertz CT molecular complexity index is 688. The molecular formula is C16H13F6N. The number of nitrogens with two attached hydrogens (primary N) is 1. The van der Waals surface area contributed by atoms with Crippen molar-refractivity contribution in [1.29, 1.82) is 0 Å². The van der Waals surface area contributed by atoms with Gasteiger partial charge in [0.25, 0.3) is 0 Å². The SMILES string of the molecule is NCCc1cccc(C(F)(F)F)c1-c1cccc(C(F)(F)F)c1. The third kappa shape index (κ3) is 3.85. The van der Waals surface area contributed by atoms with Crippen molar-refractivity contribution in [3.05, 3.63) is 59.2 Å². The van der Waals surface area contributed by atoms with Crippen LogP contribution in [0.2, 0.25) is 0 Å². The number of hydrogen-bond acceptors (Lipinski definition) is 1. The van der Waals surface area contributed by atoms with Crippen LogP contribution in [-0.4, -0.2) is 6.54 Å². The van der Waals surface area contributed by atoms with Crippen LogP contribution in [-0.2, 0) is 18.8 Å². The minimum atomic E-state index is -4.67. The number of alkyl halides is 6. The molecular weight excluding hydrogens is 320 g/mol. The second-order valence-electron chi connectivity index (χ2n) is 4.95. The van der Waals surface area contributed by atoms with E-state index in [1.54, 1.807) is 0 Å². The monoisotopic (exact) mass is 333 g/mol. The first kappa shape index (κ1) is 17.3. The van der Waals surface area contributed by atoms with E-state index in [4.69, 9.17) is 5.73 Å². The molecule has 124 valence electrons. The van der Waals surface area contributed by atoms with Crippen molar-refractivity contribution in [2.45, 2.75) is 18.8 Å². The lowest BCUT2D eigenvalue weighted by Gasteiger charge is -2.18. The maximum absolute atomic E-state index is 13.2. The van der Waals surface area contributed by atoms with E-state index in [-0.39, 0.29) is 29.7 Å². The summed E-state index contributed by atoms with van der Waals surface area (Å²) in [4.78, 5) is 0. The molecule has 0 aliphatic rings. The van der Waals surface area contributed by atoms with E-state index in [0.29, 0.717) is 0 Å². The molecule has 1 nitrogen and oxygen atoms in total. The predicted molar refractivity (Wildman–Crippen MR) is 74.6 cm³/mol. The number of halogens is 6. The Morgan fingerprint density at radius 2 is 1.48 bits per heavy atom. The average molecular weight is 333 g/mol. The Morgan fingerprint density at radius 1 is 0.826 bits per heavy atom. The van der Waals surface area contributed by atoms with Crippen molar-refractivity contribution in [3.8, 4) is 11.1 Å². The zero-order valence-corrected chi connectivity index (χ0v) is 11.8. The summed E-state index contributed by atoms with van der Waals surface area (Å²) in [6.07, 6.45) is -9.17. The van der Waals surface area contributed by atoms with Crippen molar-refractivity contribution >= 4 is 0 Å². The van der Waals surface area contributed by atoms with Crippen LogP contribution in [0.5, 0.6) is 0 Å². The summed E-state index contributed by atoms with van der Waals surface area (Å²) in [5, 5.41) is 0. The summed E-state index contributed by atoms with van der Waals surface area (Å²) in [7, 11) is 0. The van der Waals surface area contributed by atoms with Gasteiger partial charge in [0.15, 0.2) is 0 Å². The normalized spacial score (nSPS) is 12.5. The topological polar surface area (TPSA) is 26.0 Å². The van der Waals surface area contributed by atoms with Crippen LogP contribution in [0.15, 0.2) is 42.5 Å². The summed E-state index contributed by atoms with van der Waals surface area (Å²) in [5.41, 5.74) is 3.32. The van der Waals surface area contributed by atoms with Crippen LogP contribution in [0.3, 0.4) is 0 Å². The molecule has 2 aromatic rings. The van der Waals surface area contributed by atoms with Crippen molar-refractivity contribution in [2.75, 3.05) is 6.54 Å². The highest BCUT2D eigenvalue weighted by molar-refractivity contribution is 5.72. The molecule has 0 saturated heterocycles. The highest BCUT2D eigenvalue weighted by atomic mass is 19.4. The van der Waals surface area contributed by atoms with Gasteiger partial charge in [-0.1, -0.05) is 24.3 Å². The first-order valence-electron chi connectivity index (χ1n) is 6.71. The van der Waals surface area contributed by atoms with Crippen LogP contribution in [0, 0.1) is 0 Å².